The molecule has 0 aromatic heterocycles. The minimum atomic E-state index is -0.493. The van der Waals surface area contributed by atoms with E-state index in [1.165, 1.54) is 5.56 Å². The van der Waals surface area contributed by atoms with Gasteiger partial charge in [0.2, 0.25) is 0 Å². The quantitative estimate of drug-likeness (QED) is 0.706. The second kappa shape index (κ2) is 9.58. The number of halogens is 1. The predicted molar refractivity (Wildman–Crippen MR) is 107 cm³/mol. The maximum atomic E-state index is 11.6. The van der Waals surface area contributed by atoms with E-state index in [1.807, 2.05) is 26.8 Å². The Labute approximate surface area is 164 Å². The van der Waals surface area contributed by atoms with Gasteiger partial charge in [-0.1, -0.05) is 15.9 Å². The molecule has 1 aromatic carbocycles. The van der Waals surface area contributed by atoms with Crippen LogP contribution in [0.15, 0.2) is 22.7 Å². The van der Waals surface area contributed by atoms with Gasteiger partial charge < -0.3 is 19.7 Å². The maximum absolute atomic E-state index is 11.6. The van der Waals surface area contributed by atoms with Crippen LogP contribution in [0, 0.1) is 0 Å². The molecule has 1 heterocycles. The Bertz CT molecular complexity index is 596. The van der Waals surface area contributed by atoms with Crippen molar-refractivity contribution < 1.29 is 14.3 Å². The summed E-state index contributed by atoms with van der Waals surface area (Å²) in [6, 6.07) is 6.14. The van der Waals surface area contributed by atoms with Crippen LogP contribution >= 0.6 is 15.9 Å². The second-order valence-corrected chi connectivity index (χ2v) is 8.57. The summed E-state index contributed by atoms with van der Waals surface area (Å²) in [7, 11) is 2.16. The molecule has 1 amide bonds. The highest BCUT2D eigenvalue weighted by atomic mass is 79.9. The van der Waals surface area contributed by atoms with Crippen LogP contribution in [0.2, 0.25) is 0 Å². The normalized spacial score (nSPS) is 16.3. The molecular formula is C19H30BrN3O3. The van der Waals surface area contributed by atoms with Crippen molar-refractivity contribution in [1.29, 1.82) is 0 Å². The SMILES string of the molecule is CN1CCN(Cc2cc(Br)cc(OCCNC(=O)OC(C)(C)C)c2)CC1. The molecule has 0 unspecified atom stereocenters. The number of nitrogens with zero attached hydrogens (tertiary/aromatic N) is 2. The Morgan fingerprint density at radius 3 is 2.54 bits per heavy atom. The molecule has 1 fully saturated rings. The highest BCUT2D eigenvalue weighted by molar-refractivity contribution is 9.10. The summed E-state index contributed by atoms with van der Waals surface area (Å²) in [5.74, 6) is 0.800. The van der Waals surface area contributed by atoms with Gasteiger partial charge >= 0.3 is 6.09 Å². The number of piperazine rings is 1. The van der Waals surface area contributed by atoms with E-state index in [-0.39, 0.29) is 0 Å². The first-order chi connectivity index (χ1) is 12.2. The van der Waals surface area contributed by atoms with Crippen molar-refractivity contribution in [3.8, 4) is 5.75 Å². The zero-order chi connectivity index (χ0) is 19.2. The number of ether oxygens (including phenoxy) is 2. The van der Waals surface area contributed by atoms with Gasteiger partial charge in [0.15, 0.2) is 0 Å². The number of hydrogen-bond acceptors (Lipinski definition) is 5. The fourth-order valence-corrected chi connectivity index (χ4v) is 3.22. The number of benzene rings is 1. The molecule has 1 saturated heterocycles. The van der Waals surface area contributed by atoms with Crippen molar-refractivity contribution in [3.63, 3.8) is 0 Å². The van der Waals surface area contributed by atoms with Gasteiger partial charge in [0.05, 0.1) is 6.54 Å². The van der Waals surface area contributed by atoms with Crippen LogP contribution < -0.4 is 10.1 Å². The Morgan fingerprint density at radius 2 is 1.88 bits per heavy atom. The maximum Gasteiger partial charge on any atom is 0.407 e. The summed E-state index contributed by atoms with van der Waals surface area (Å²) in [6.07, 6.45) is -0.425. The average molecular weight is 428 g/mol. The van der Waals surface area contributed by atoms with E-state index in [1.54, 1.807) is 0 Å². The molecule has 0 saturated carbocycles. The van der Waals surface area contributed by atoms with E-state index in [4.69, 9.17) is 9.47 Å². The number of likely N-dealkylation sites (N-methyl/N-ethyl adjacent to an activating group) is 1. The van der Waals surface area contributed by atoms with Gasteiger partial charge in [0, 0.05) is 37.2 Å². The Hall–Kier alpha value is -1.31. The summed E-state index contributed by atoms with van der Waals surface area (Å²) < 4.78 is 12.0. The van der Waals surface area contributed by atoms with Gasteiger partial charge in [0.25, 0.3) is 0 Å². The lowest BCUT2D eigenvalue weighted by molar-refractivity contribution is 0.0520. The van der Waals surface area contributed by atoms with Crippen molar-refractivity contribution in [2.75, 3.05) is 46.4 Å². The minimum absolute atomic E-state index is 0.393. The fourth-order valence-electron chi connectivity index (χ4n) is 2.70. The van der Waals surface area contributed by atoms with Crippen molar-refractivity contribution in [1.82, 2.24) is 15.1 Å². The number of rotatable bonds is 6. The first-order valence-corrected chi connectivity index (χ1v) is 9.80. The summed E-state index contributed by atoms with van der Waals surface area (Å²) >= 11 is 3.56. The van der Waals surface area contributed by atoms with Gasteiger partial charge in [-0.25, -0.2) is 4.79 Å². The summed E-state index contributed by atoms with van der Waals surface area (Å²) in [4.78, 5) is 16.4. The molecule has 1 aliphatic heterocycles. The largest absolute Gasteiger partial charge is 0.492 e. The number of alkyl carbamates (subject to hydrolysis) is 1. The van der Waals surface area contributed by atoms with Gasteiger partial charge in [0.1, 0.15) is 18.0 Å². The molecule has 0 aliphatic carbocycles. The molecule has 1 aliphatic rings. The summed E-state index contributed by atoms with van der Waals surface area (Å²) in [5.41, 5.74) is 0.729. The van der Waals surface area contributed by atoms with Crippen LogP contribution in [0.4, 0.5) is 4.79 Å². The predicted octanol–water partition coefficient (Wildman–Crippen LogP) is 3.10. The lowest BCUT2D eigenvalue weighted by Gasteiger charge is -2.32. The summed E-state index contributed by atoms with van der Waals surface area (Å²) in [6.45, 7) is 11.6. The first kappa shape index (κ1) is 21.0. The van der Waals surface area contributed by atoms with Gasteiger partial charge in [-0.05, 0) is 51.6 Å². The monoisotopic (exact) mass is 427 g/mol. The number of amides is 1. The van der Waals surface area contributed by atoms with E-state index in [0.717, 1.165) is 42.9 Å². The third-order valence-electron chi connectivity index (χ3n) is 3.97. The number of nitrogens with one attached hydrogen (secondary N) is 1. The zero-order valence-corrected chi connectivity index (χ0v) is 17.8. The molecular weight excluding hydrogens is 398 g/mol. The number of carbonyl (C=O) groups excluding carboxylic acids is 1. The minimum Gasteiger partial charge on any atom is -0.492 e. The molecule has 1 N–H and O–H groups in total. The van der Waals surface area contributed by atoms with Crippen molar-refractivity contribution in [2.24, 2.45) is 0 Å². The molecule has 0 bridgehead atoms. The van der Waals surface area contributed by atoms with Crippen LogP contribution in [-0.2, 0) is 11.3 Å². The van der Waals surface area contributed by atoms with Crippen molar-refractivity contribution in [2.45, 2.75) is 32.9 Å². The van der Waals surface area contributed by atoms with E-state index in [0.29, 0.717) is 13.2 Å². The lowest BCUT2D eigenvalue weighted by Crippen LogP contribution is -2.43. The molecule has 2 rings (SSSR count). The smallest absolute Gasteiger partial charge is 0.407 e. The van der Waals surface area contributed by atoms with Crippen LogP contribution in [0.1, 0.15) is 26.3 Å². The van der Waals surface area contributed by atoms with E-state index >= 15 is 0 Å². The van der Waals surface area contributed by atoms with E-state index < -0.39 is 11.7 Å². The molecule has 26 heavy (non-hydrogen) atoms. The first-order valence-electron chi connectivity index (χ1n) is 9.01. The van der Waals surface area contributed by atoms with Crippen LogP contribution in [0.3, 0.4) is 0 Å². The molecule has 0 atom stereocenters. The van der Waals surface area contributed by atoms with Crippen LogP contribution in [0.5, 0.6) is 5.75 Å². The molecule has 6 nitrogen and oxygen atoms in total. The number of carbonyl (C=O) groups is 1. The molecule has 7 heteroatoms. The zero-order valence-electron chi connectivity index (χ0n) is 16.2. The summed E-state index contributed by atoms with van der Waals surface area (Å²) in [5, 5.41) is 2.70. The van der Waals surface area contributed by atoms with Gasteiger partial charge in [-0.2, -0.15) is 0 Å². The average Bonchev–Trinajstić information content (AvgIpc) is 2.52. The van der Waals surface area contributed by atoms with Gasteiger partial charge in [-0.3, -0.25) is 4.90 Å². The third kappa shape index (κ3) is 7.93. The van der Waals surface area contributed by atoms with Gasteiger partial charge in [-0.15, -0.1) is 0 Å². The molecule has 0 spiro atoms. The lowest BCUT2D eigenvalue weighted by atomic mass is 10.2. The second-order valence-electron chi connectivity index (χ2n) is 7.65. The van der Waals surface area contributed by atoms with E-state index in [2.05, 4.69) is 50.2 Å². The molecule has 1 aromatic rings. The molecule has 146 valence electrons. The highest BCUT2D eigenvalue weighted by Gasteiger charge is 2.16. The Balaban J connectivity index is 1.79. The number of hydrogen-bond donors (Lipinski definition) is 1. The Kier molecular flexibility index (Phi) is 7.73. The van der Waals surface area contributed by atoms with E-state index in [9.17, 15) is 4.79 Å². The third-order valence-corrected chi connectivity index (χ3v) is 4.43. The van der Waals surface area contributed by atoms with Crippen molar-refractivity contribution in [3.05, 3.63) is 28.2 Å². The Morgan fingerprint density at radius 1 is 1.19 bits per heavy atom. The topological polar surface area (TPSA) is 54.0 Å². The standard InChI is InChI=1S/C19H30BrN3O3/c1-19(2,3)26-18(24)21-5-10-25-17-12-15(11-16(20)13-17)14-23-8-6-22(4)7-9-23/h11-13H,5-10,14H2,1-4H3,(H,21,24). The van der Waals surface area contributed by atoms with Crippen LogP contribution in [-0.4, -0.2) is 67.9 Å². The highest BCUT2D eigenvalue weighted by Crippen LogP contribution is 2.23. The fraction of sp³-hybridized carbons (Fsp3) is 0.632. The van der Waals surface area contributed by atoms with Crippen molar-refractivity contribution >= 4 is 22.0 Å². The van der Waals surface area contributed by atoms with Crippen LogP contribution in [0.25, 0.3) is 0 Å². The molecule has 0 radical (unpaired) electrons.